The number of pyridine rings is 2. The lowest BCUT2D eigenvalue weighted by atomic mass is 10.0. The van der Waals surface area contributed by atoms with E-state index in [0.29, 0.717) is 16.8 Å². The molecule has 5 heteroatoms. The van der Waals surface area contributed by atoms with Gasteiger partial charge in [-0.1, -0.05) is 0 Å². The minimum absolute atomic E-state index is 0.0969. The zero-order chi connectivity index (χ0) is 16.2. The third kappa shape index (κ3) is 1.78. The van der Waals surface area contributed by atoms with Gasteiger partial charge in [0.05, 0.1) is 18.1 Å². The Hall–Kier alpha value is -2.56. The Morgan fingerprint density at radius 3 is 1.59 bits per heavy atom. The quantitative estimate of drug-likeness (QED) is 0.646. The fraction of sp³-hybridized carbons (Fsp3) is 0.294. The molecular weight excluding hydrogens is 280 g/mol. The predicted molar refractivity (Wildman–Crippen MR) is 88.0 cm³/mol. The molecule has 2 heterocycles. The molecule has 2 aromatic heterocycles. The smallest absolute Gasteiger partial charge is 0.251 e. The van der Waals surface area contributed by atoms with Gasteiger partial charge in [0.2, 0.25) is 0 Å². The van der Waals surface area contributed by atoms with Crippen molar-refractivity contribution in [2.75, 3.05) is 7.11 Å². The first kappa shape index (κ1) is 14.4. The molecule has 0 unspecified atom stereocenters. The first-order valence-corrected chi connectivity index (χ1v) is 7.04. The van der Waals surface area contributed by atoms with Gasteiger partial charge in [0.1, 0.15) is 0 Å². The summed E-state index contributed by atoms with van der Waals surface area (Å²) < 4.78 is 8.73. The lowest BCUT2D eigenvalue weighted by molar-refractivity contribution is 0.420. The van der Waals surface area contributed by atoms with Crippen LogP contribution in [-0.4, -0.2) is 16.2 Å². The third-order valence-electron chi connectivity index (χ3n) is 4.29. The maximum atomic E-state index is 12.1. The number of aromatic nitrogens is 2. The molecule has 0 fully saturated rings. The molecule has 0 N–H and O–H groups in total. The molecule has 1 aromatic carbocycles. The van der Waals surface area contributed by atoms with Gasteiger partial charge < -0.3 is 13.9 Å². The zero-order valence-corrected chi connectivity index (χ0v) is 13.4. The maximum absolute atomic E-state index is 12.1. The summed E-state index contributed by atoms with van der Waals surface area (Å²) in [5.74, 6) is 0.555. The van der Waals surface area contributed by atoms with E-state index >= 15 is 0 Å². The number of aryl methyl sites for hydroxylation is 4. The summed E-state index contributed by atoms with van der Waals surface area (Å²) in [5, 5.41) is 1.90. The minimum Gasteiger partial charge on any atom is -0.492 e. The Morgan fingerprint density at radius 2 is 1.23 bits per heavy atom. The highest BCUT2D eigenvalue weighted by atomic mass is 16.5. The van der Waals surface area contributed by atoms with Crippen LogP contribution < -0.4 is 15.9 Å². The van der Waals surface area contributed by atoms with Gasteiger partial charge in [-0.05, 0) is 31.0 Å². The van der Waals surface area contributed by atoms with Crippen LogP contribution in [0.5, 0.6) is 5.75 Å². The van der Waals surface area contributed by atoms with E-state index in [1.165, 1.54) is 0 Å². The Bertz CT molecular complexity index is 962. The van der Waals surface area contributed by atoms with E-state index < -0.39 is 0 Å². The van der Waals surface area contributed by atoms with Gasteiger partial charge in [-0.15, -0.1) is 0 Å². The molecule has 22 heavy (non-hydrogen) atoms. The zero-order valence-electron chi connectivity index (χ0n) is 13.4. The Labute approximate surface area is 127 Å². The van der Waals surface area contributed by atoms with Crippen molar-refractivity contribution in [3.8, 4) is 5.75 Å². The summed E-state index contributed by atoms with van der Waals surface area (Å²) in [5.41, 5.74) is 3.01. The molecular formula is C17H18N2O3. The highest BCUT2D eigenvalue weighted by Crippen LogP contribution is 2.35. The largest absolute Gasteiger partial charge is 0.492 e. The van der Waals surface area contributed by atoms with Crippen molar-refractivity contribution in [3.05, 3.63) is 50.0 Å². The van der Waals surface area contributed by atoms with E-state index in [2.05, 4.69) is 0 Å². The first-order chi connectivity index (χ1) is 10.4. The molecule has 0 saturated heterocycles. The van der Waals surface area contributed by atoms with Crippen LogP contribution in [0.2, 0.25) is 0 Å². The standard InChI is InChI=1S/C17H18N2O3/c1-9-6-13(20)18(3)15-11(9)8-12-10(2)7-14(21)19(4)16(12)17(15)22-5/h6-8H,1-5H3. The van der Waals surface area contributed by atoms with E-state index in [1.807, 2.05) is 19.9 Å². The summed E-state index contributed by atoms with van der Waals surface area (Å²) in [6, 6.07) is 5.26. The number of ether oxygens (including phenoxy) is 1. The lowest BCUT2D eigenvalue weighted by Gasteiger charge is -2.17. The number of fused-ring (bicyclic) bond motifs is 2. The number of hydrogen-bond donors (Lipinski definition) is 0. The number of benzene rings is 1. The average Bonchev–Trinajstić information content (AvgIpc) is 2.48. The molecule has 114 valence electrons. The van der Waals surface area contributed by atoms with Gasteiger partial charge in [-0.2, -0.15) is 0 Å². The maximum Gasteiger partial charge on any atom is 0.251 e. The summed E-state index contributed by atoms with van der Waals surface area (Å²) >= 11 is 0. The van der Waals surface area contributed by atoms with E-state index in [1.54, 1.807) is 42.5 Å². The second kappa shape index (κ2) is 4.73. The topological polar surface area (TPSA) is 53.2 Å². The number of rotatable bonds is 1. The molecule has 3 rings (SSSR count). The molecule has 5 nitrogen and oxygen atoms in total. The minimum atomic E-state index is -0.0969. The van der Waals surface area contributed by atoms with Gasteiger partial charge >= 0.3 is 0 Å². The Morgan fingerprint density at radius 1 is 0.818 bits per heavy atom. The first-order valence-electron chi connectivity index (χ1n) is 7.04. The second-order valence-electron chi connectivity index (χ2n) is 5.65. The SMILES string of the molecule is COc1c2c(cc3c(C)cc(=O)n(C)c13)c(C)cc(=O)n2C. The van der Waals surface area contributed by atoms with Crippen molar-refractivity contribution in [3.63, 3.8) is 0 Å². The van der Waals surface area contributed by atoms with Crippen LogP contribution in [0.4, 0.5) is 0 Å². The number of nitrogens with zero attached hydrogens (tertiary/aromatic N) is 2. The van der Waals surface area contributed by atoms with Crippen LogP contribution in [0.15, 0.2) is 27.8 Å². The summed E-state index contributed by atoms with van der Waals surface area (Å²) in [4.78, 5) is 24.2. The van der Waals surface area contributed by atoms with Crippen molar-refractivity contribution in [1.29, 1.82) is 0 Å². The van der Waals surface area contributed by atoms with Crippen LogP contribution >= 0.6 is 0 Å². The van der Waals surface area contributed by atoms with E-state index in [-0.39, 0.29) is 11.1 Å². The molecule has 0 bridgehead atoms. The lowest BCUT2D eigenvalue weighted by Crippen LogP contribution is -2.20. The van der Waals surface area contributed by atoms with Gasteiger partial charge in [0.25, 0.3) is 11.1 Å². The van der Waals surface area contributed by atoms with Crippen molar-refractivity contribution in [2.24, 2.45) is 14.1 Å². The molecule has 0 aliphatic carbocycles. The summed E-state index contributed by atoms with van der Waals surface area (Å²) in [6.07, 6.45) is 0. The highest BCUT2D eigenvalue weighted by Gasteiger charge is 2.17. The molecule has 3 aromatic rings. The van der Waals surface area contributed by atoms with Crippen molar-refractivity contribution >= 4 is 21.8 Å². The van der Waals surface area contributed by atoms with Crippen LogP contribution in [-0.2, 0) is 14.1 Å². The van der Waals surface area contributed by atoms with Crippen LogP contribution in [0, 0.1) is 13.8 Å². The normalized spacial score (nSPS) is 11.3. The van der Waals surface area contributed by atoms with Gasteiger partial charge in [0.15, 0.2) is 5.75 Å². The molecule has 0 spiro atoms. The summed E-state index contributed by atoms with van der Waals surface area (Å²) in [7, 11) is 4.99. The van der Waals surface area contributed by atoms with Crippen LogP contribution in [0.3, 0.4) is 0 Å². The monoisotopic (exact) mass is 298 g/mol. The van der Waals surface area contributed by atoms with Gasteiger partial charge in [0, 0.05) is 37.0 Å². The predicted octanol–water partition coefficient (Wildman–Crippen LogP) is 2.02. The number of methoxy groups -OCH3 is 1. The van der Waals surface area contributed by atoms with Crippen molar-refractivity contribution in [1.82, 2.24) is 9.13 Å². The Balaban J connectivity index is 2.78. The third-order valence-corrected chi connectivity index (χ3v) is 4.29. The van der Waals surface area contributed by atoms with Crippen molar-refractivity contribution in [2.45, 2.75) is 13.8 Å². The highest BCUT2D eigenvalue weighted by molar-refractivity contribution is 6.04. The van der Waals surface area contributed by atoms with Crippen LogP contribution in [0.25, 0.3) is 21.8 Å². The second-order valence-corrected chi connectivity index (χ2v) is 5.65. The molecule has 0 amide bonds. The van der Waals surface area contributed by atoms with Gasteiger partial charge in [-0.25, -0.2) is 0 Å². The Kier molecular flexibility index (Phi) is 3.09. The van der Waals surface area contributed by atoms with Gasteiger partial charge in [-0.3, -0.25) is 9.59 Å². The summed E-state index contributed by atoms with van der Waals surface area (Å²) in [6.45, 7) is 3.82. The average molecular weight is 298 g/mol. The molecule has 0 saturated carbocycles. The van der Waals surface area contributed by atoms with Crippen LogP contribution in [0.1, 0.15) is 11.1 Å². The fourth-order valence-electron chi connectivity index (χ4n) is 3.04. The van der Waals surface area contributed by atoms with E-state index in [4.69, 9.17) is 4.74 Å². The molecule has 0 aliphatic rings. The molecule has 0 radical (unpaired) electrons. The van der Waals surface area contributed by atoms with E-state index in [9.17, 15) is 9.59 Å². The van der Waals surface area contributed by atoms with Crippen molar-refractivity contribution < 1.29 is 4.74 Å². The number of hydrogen-bond acceptors (Lipinski definition) is 3. The van der Waals surface area contributed by atoms with E-state index in [0.717, 1.165) is 21.9 Å². The fourth-order valence-corrected chi connectivity index (χ4v) is 3.04. The molecule has 0 atom stereocenters. The molecule has 0 aliphatic heterocycles.